The van der Waals surface area contributed by atoms with Gasteiger partial charge >= 0.3 is 0 Å². The van der Waals surface area contributed by atoms with E-state index in [4.69, 9.17) is 9.47 Å². The molecule has 34 heavy (non-hydrogen) atoms. The molecule has 0 aromatic heterocycles. The number of nitrogens with zero attached hydrogens (tertiary/aromatic N) is 3. The smallest absolute Gasteiger partial charge is 0.286 e. The van der Waals surface area contributed by atoms with E-state index >= 15 is 0 Å². The minimum atomic E-state index is -0.178. The summed E-state index contributed by atoms with van der Waals surface area (Å²) in [5.41, 5.74) is 2.23. The van der Waals surface area contributed by atoms with Crippen LogP contribution < -0.4 is 9.47 Å². The summed E-state index contributed by atoms with van der Waals surface area (Å²) in [5, 5.41) is 0.802. The van der Waals surface area contributed by atoms with Gasteiger partial charge in [0.25, 0.3) is 5.91 Å². The molecule has 2 aliphatic heterocycles. The van der Waals surface area contributed by atoms with Crippen molar-refractivity contribution in [1.82, 2.24) is 9.80 Å². The van der Waals surface area contributed by atoms with Gasteiger partial charge in [0.05, 0.1) is 18.6 Å². The number of amidine groups is 1. The van der Waals surface area contributed by atoms with Crippen molar-refractivity contribution in [1.29, 1.82) is 0 Å². The van der Waals surface area contributed by atoms with Gasteiger partial charge in [0.1, 0.15) is 0 Å². The van der Waals surface area contributed by atoms with E-state index in [-0.39, 0.29) is 5.91 Å². The maximum Gasteiger partial charge on any atom is 0.286 e. The van der Waals surface area contributed by atoms with Crippen molar-refractivity contribution >= 4 is 28.9 Å². The predicted octanol–water partition coefficient (Wildman–Crippen LogP) is 4.91. The zero-order valence-electron chi connectivity index (χ0n) is 20.2. The molecule has 1 amide bonds. The van der Waals surface area contributed by atoms with Gasteiger partial charge in [-0.2, -0.15) is 4.99 Å². The number of amides is 1. The Bertz CT molecular complexity index is 1040. The van der Waals surface area contributed by atoms with Crippen molar-refractivity contribution in [3.05, 3.63) is 64.6 Å². The molecule has 0 spiro atoms. The van der Waals surface area contributed by atoms with Crippen LogP contribution in [0.5, 0.6) is 11.5 Å². The highest BCUT2D eigenvalue weighted by molar-refractivity contribution is 8.18. The number of benzene rings is 2. The van der Waals surface area contributed by atoms with Gasteiger partial charge in [0.2, 0.25) is 0 Å². The first kappa shape index (κ1) is 24.4. The SMILES string of the molecule is COc1cc(C=C2SC(N3CCN(Cc4ccccc4)CC3)=NC2=O)ccc1OCCC(C)C. The number of carbonyl (C=O) groups excluding carboxylic acids is 1. The average Bonchev–Trinajstić information content (AvgIpc) is 3.20. The molecule has 1 saturated heterocycles. The van der Waals surface area contributed by atoms with E-state index in [9.17, 15) is 4.79 Å². The molecular formula is C27H33N3O3S. The van der Waals surface area contributed by atoms with Gasteiger partial charge in [-0.3, -0.25) is 9.69 Å². The lowest BCUT2D eigenvalue weighted by atomic mass is 10.1. The Labute approximate surface area is 206 Å². The minimum absolute atomic E-state index is 0.178. The maximum absolute atomic E-state index is 12.6. The van der Waals surface area contributed by atoms with Gasteiger partial charge in [-0.1, -0.05) is 50.2 Å². The number of piperazine rings is 1. The fourth-order valence-corrected chi connectivity index (χ4v) is 4.89. The second kappa shape index (κ2) is 11.6. The highest BCUT2D eigenvalue weighted by Crippen LogP contribution is 2.33. The van der Waals surface area contributed by atoms with Gasteiger partial charge < -0.3 is 14.4 Å². The predicted molar refractivity (Wildman–Crippen MR) is 139 cm³/mol. The molecule has 0 saturated carbocycles. The lowest BCUT2D eigenvalue weighted by Gasteiger charge is -2.35. The van der Waals surface area contributed by atoms with E-state index in [1.54, 1.807) is 7.11 Å². The van der Waals surface area contributed by atoms with E-state index in [1.807, 2.05) is 30.3 Å². The zero-order valence-corrected chi connectivity index (χ0v) is 21.0. The highest BCUT2D eigenvalue weighted by Gasteiger charge is 2.28. The number of ether oxygens (including phenoxy) is 2. The molecule has 2 heterocycles. The van der Waals surface area contributed by atoms with Gasteiger partial charge in [-0.25, -0.2) is 0 Å². The molecule has 0 bridgehead atoms. The molecule has 0 atom stereocenters. The third-order valence-electron chi connectivity index (χ3n) is 5.94. The Morgan fingerprint density at radius 1 is 1.06 bits per heavy atom. The summed E-state index contributed by atoms with van der Waals surface area (Å²) < 4.78 is 11.4. The van der Waals surface area contributed by atoms with Crippen LogP contribution in [0.4, 0.5) is 0 Å². The molecule has 7 heteroatoms. The van der Waals surface area contributed by atoms with E-state index in [0.29, 0.717) is 23.2 Å². The van der Waals surface area contributed by atoms with Crippen molar-refractivity contribution in [2.45, 2.75) is 26.8 Å². The standard InChI is InChI=1S/C27H33N3O3S/c1-20(2)11-16-33-23-10-9-22(17-24(23)32-3)18-25-26(31)28-27(34-25)30-14-12-29(13-15-30)19-21-7-5-4-6-8-21/h4-10,17-18,20H,11-16,19H2,1-3H3. The molecular weight excluding hydrogens is 446 g/mol. The number of methoxy groups -OCH3 is 1. The molecule has 2 aliphatic rings. The van der Waals surface area contributed by atoms with Crippen molar-refractivity contribution in [2.24, 2.45) is 10.9 Å². The van der Waals surface area contributed by atoms with Crippen molar-refractivity contribution < 1.29 is 14.3 Å². The quantitative estimate of drug-likeness (QED) is 0.502. The number of carbonyl (C=O) groups is 1. The number of aliphatic imine (C=N–C) groups is 1. The van der Waals surface area contributed by atoms with Crippen LogP contribution in [0.3, 0.4) is 0 Å². The lowest BCUT2D eigenvalue weighted by Crippen LogP contribution is -2.47. The molecule has 0 radical (unpaired) electrons. The highest BCUT2D eigenvalue weighted by atomic mass is 32.2. The fraction of sp³-hybridized carbons (Fsp3) is 0.407. The molecule has 0 N–H and O–H groups in total. The van der Waals surface area contributed by atoms with E-state index in [2.05, 4.69) is 52.9 Å². The Balaban J connectivity index is 1.34. The Morgan fingerprint density at radius 3 is 2.53 bits per heavy atom. The normalized spacial score (nSPS) is 18.0. The number of hydrogen-bond acceptors (Lipinski definition) is 6. The minimum Gasteiger partial charge on any atom is -0.493 e. The van der Waals surface area contributed by atoms with Crippen LogP contribution in [0.2, 0.25) is 0 Å². The van der Waals surface area contributed by atoms with Gasteiger partial charge in [0.15, 0.2) is 16.7 Å². The third kappa shape index (κ3) is 6.42. The van der Waals surface area contributed by atoms with Crippen LogP contribution >= 0.6 is 11.8 Å². The lowest BCUT2D eigenvalue weighted by molar-refractivity contribution is -0.113. The molecule has 2 aromatic carbocycles. The van der Waals surface area contributed by atoms with Crippen molar-refractivity contribution in [3.63, 3.8) is 0 Å². The number of rotatable bonds is 8. The van der Waals surface area contributed by atoms with Gasteiger partial charge in [-0.15, -0.1) is 0 Å². The van der Waals surface area contributed by atoms with E-state index < -0.39 is 0 Å². The summed E-state index contributed by atoms with van der Waals surface area (Å²) in [6, 6.07) is 16.3. The van der Waals surface area contributed by atoms with Gasteiger partial charge in [-0.05, 0) is 53.4 Å². The van der Waals surface area contributed by atoms with E-state index in [1.165, 1.54) is 17.3 Å². The summed E-state index contributed by atoms with van der Waals surface area (Å²) >= 11 is 1.46. The van der Waals surface area contributed by atoms with Gasteiger partial charge in [0, 0.05) is 32.7 Å². The summed E-state index contributed by atoms with van der Waals surface area (Å²) in [6.07, 6.45) is 2.87. The Kier molecular flexibility index (Phi) is 8.29. The zero-order chi connectivity index (χ0) is 23.9. The van der Waals surface area contributed by atoms with Crippen LogP contribution in [-0.2, 0) is 11.3 Å². The van der Waals surface area contributed by atoms with Crippen LogP contribution in [0.25, 0.3) is 6.08 Å². The van der Waals surface area contributed by atoms with Crippen LogP contribution in [0, 0.1) is 5.92 Å². The monoisotopic (exact) mass is 479 g/mol. The number of hydrogen-bond donors (Lipinski definition) is 0. The molecule has 1 fully saturated rings. The largest absolute Gasteiger partial charge is 0.493 e. The third-order valence-corrected chi connectivity index (χ3v) is 6.98. The molecule has 0 aliphatic carbocycles. The summed E-state index contributed by atoms with van der Waals surface area (Å²) in [7, 11) is 1.63. The second-order valence-corrected chi connectivity index (χ2v) is 10.0. The maximum atomic E-state index is 12.6. The summed E-state index contributed by atoms with van der Waals surface area (Å²) in [6.45, 7) is 9.61. The molecule has 180 valence electrons. The molecule has 0 unspecified atom stereocenters. The molecule has 6 nitrogen and oxygen atoms in total. The first-order chi connectivity index (χ1) is 16.5. The first-order valence-corrected chi connectivity index (χ1v) is 12.7. The van der Waals surface area contributed by atoms with Crippen molar-refractivity contribution in [2.75, 3.05) is 39.9 Å². The molecule has 2 aromatic rings. The fourth-order valence-electron chi connectivity index (χ4n) is 3.92. The van der Waals surface area contributed by atoms with Crippen LogP contribution in [0.1, 0.15) is 31.4 Å². The average molecular weight is 480 g/mol. The van der Waals surface area contributed by atoms with Crippen LogP contribution in [-0.4, -0.2) is 60.8 Å². The van der Waals surface area contributed by atoms with Crippen molar-refractivity contribution in [3.8, 4) is 11.5 Å². The Morgan fingerprint density at radius 2 is 1.82 bits per heavy atom. The van der Waals surface area contributed by atoms with E-state index in [0.717, 1.165) is 55.6 Å². The molecule has 4 rings (SSSR count). The summed E-state index contributed by atoms with van der Waals surface area (Å²) in [5.74, 6) is 1.80. The Hall–Kier alpha value is -2.77. The number of thioether (sulfide) groups is 1. The first-order valence-electron chi connectivity index (χ1n) is 11.9. The topological polar surface area (TPSA) is 54.4 Å². The second-order valence-electron chi connectivity index (χ2n) is 9.00. The van der Waals surface area contributed by atoms with Crippen LogP contribution in [0.15, 0.2) is 58.4 Å². The summed E-state index contributed by atoms with van der Waals surface area (Å²) in [4.78, 5) is 22.2.